The van der Waals surface area contributed by atoms with Crippen molar-refractivity contribution in [3.63, 3.8) is 0 Å². The van der Waals surface area contributed by atoms with E-state index in [0.29, 0.717) is 54.7 Å². The standard InChI is InChI=1S/C29H41N3O6.ClH/c1-20(2)32(29(34)23-10-11-26(37-5)27(16-23)38-13-7-12-35-3)24-14-21(17-30-19-24)18-31-28(33)22-8-6-9-25(15-22)36-4;/h6,8-11,15-16,20-21,24,30H,7,12-14,17-19H2,1-5H3,(H,31,33);1H/t21-,24+;/m0./s1. The summed E-state index contributed by atoms with van der Waals surface area (Å²) in [6, 6.07) is 12.4. The first-order valence-electron chi connectivity index (χ1n) is 13.1. The van der Waals surface area contributed by atoms with Crippen molar-refractivity contribution < 1.29 is 28.5 Å². The first-order valence-corrected chi connectivity index (χ1v) is 13.1. The predicted octanol–water partition coefficient (Wildman–Crippen LogP) is 3.80. The molecule has 39 heavy (non-hydrogen) atoms. The van der Waals surface area contributed by atoms with Crippen LogP contribution in [-0.4, -0.2) is 83.0 Å². The molecule has 2 aromatic carbocycles. The zero-order valence-electron chi connectivity index (χ0n) is 23.5. The van der Waals surface area contributed by atoms with E-state index in [9.17, 15) is 9.59 Å². The highest BCUT2D eigenvalue weighted by Gasteiger charge is 2.32. The van der Waals surface area contributed by atoms with Gasteiger partial charge in [-0.15, -0.1) is 12.4 Å². The van der Waals surface area contributed by atoms with Gasteiger partial charge in [-0.1, -0.05) is 6.07 Å². The molecular weight excluding hydrogens is 522 g/mol. The van der Waals surface area contributed by atoms with E-state index in [4.69, 9.17) is 18.9 Å². The van der Waals surface area contributed by atoms with Gasteiger partial charge in [0.05, 0.1) is 20.8 Å². The average molecular weight is 564 g/mol. The maximum Gasteiger partial charge on any atom is 0.254 e. The molecule has 0 bridgehead atoms. The van der Waals surface area contributed by atoms with Crippen molar-refractivity contribution in [2.45, 2.75) is 38.8 Å². The summed E-state index contributed by atoms with van der Waals surface area (Å²) in [6.45, 7) is 7.10. The minimum Gasteiger partial charge on any atom is -0.497 e. The summed E-state index contributed by atoms with van der Waals surface area (Å²) in [6.07, 6.45) is 1.52. The van der Waals surface area contributed by atoms with E-state index in [1.54, 1.807) is 57.7 Å². The molecule has 2 N–H and O–H groups in total. The maximum atomic E-state index is 13.7. The molecule has 0 radical (unpaired) electrons. The van der Waals surface area contributed by atoms with E-state index in [1.165, 1.54) is 0 Å². The smallest absolute Gasteiger partial charge is 0.254 e. The normalized spacial score (nSPS) is 16.7. The quantitative estimate of drug-likeness (QED) is 0.358. The van der Waals surface area contributed by atoms with Gasteiger partial charge in [0.2, 0.25) is 0 Å². The summed E-state index contributed by atoms with van der Waals surface area (Å²) in [4.78, 5) is 28.3. The molecule has 2 amide bonds. The maximum absolute atomic E-state index is 13.7. The Morgan fingerprint density at radius 1 is 1.00 bits per heavy atom. The van der Waals surface area contributed by atoms with E-state index >= 15 is 0 Å². The summed E-state index contributed by atoms with van der Waals surface area (Å²) >= 11 is 0. The SMILES string of the molecule is COCCCOc1cc(C(=O)N(C(C)C)[C@H]2CNC[C@@H](CNC(=O)c3cccc(OC)c3)C2)ccc1OC.Cl. The van der Waals surface area contributed by atoms with Crippen LogP contribution in [0.2, 0.25) is 0 Å². The number of carbonyl (C=O) groups excluding carboxylic acids is 2. The zero-order valence-corrected chi connectivity index (χ0v) is 24.3. The molecule has 9 nitrogen and oxygen atoms in total. The zero-order chi connectivity index (χ0) is 27.5. The number of ether oxygens (including phenoxy) is 4. The van der Waals surface area contributed by atoms with Gasteiger partial charge in [0.1, 0.15) is 5.75 Å². The second-order valence-corrected chi connectivity index (χ2v) is 9.72. The Bertz CT molecular complexity index is 1070. The molecule has 1 fully saturated rings. The number of nitrogens with zero attached hydrogens (tertiary/aromatic N) is 1. The van der Waals surface area contributed by atoms with Crippen LogP contribution in [0.4, 0.5) is 0 Å². The minimum absolute atomic E-state index is 0. The molecule has 0 unspecified atom stereocenters. The van der Waals surface area contributed by atoms with Gasteiger partial charge >= 0.3 is 0 Å². The number of methoxy groups -OCH3 is 3. The highest BCUT2D eigenvalue weighted by molar-refractivity contribution is 5.95. The number of benzene rings is 2. The van der Waals surface area contributed by atoms with E-state index < -0.39 is 0 Å². The molecule has 0 aromatic heterocycles. The molecular formula is C29H42ClN3O6. The van der Waals surface area contributed by atoms with Crippen LogP contribution in [0.1, 0.15) is 47.4 Å². The molecule has 0 spiro atoms. The van der Waals surface area contributed by atoms with Gasteiger partial charge in [-0.25, -0.2) is 0 Å². The van der Waals surface area contributed by atoms with Gasteiger partial charge < -0.3 is 34.5 Å². The Kier molecular flexibility index (Phi) is 13.4. The Morgan fingerprint density at radius 3 is 2.49 bits per heavy atom. The van der Waals surface area contributed by atoms with Crippen LogP contribution >= 0.6 is 12.4 Å². The number of rotatable bonds is 13. The van der Waals surface area contributed by atoms with Gasteiger partial charge in [0, 0.05) is 56.4 Å². The largest absolute Gasteiger partial charge is 0.497 e. The van der Waals surface area contributed by atoms with Crippen molar-refractivity contribution in [1.29, 1.82) is 0 Å². The second-order valence-electron chi connectivity index (χ2n) is 9.72. The second kappa shape index (κ2) is 16.2. The number of halogens is 1. The van der Waals surface area contributed by atoms with Crippen LogP contribution in [0.5, 0.6) is 17.2 Å². The molecule has 10 heteroatoms. The lowest BCUT2D eigenvalue weighted by Gasteiger charge is -2.40. The van der Waals surface area contributed by atoms with Crippen LogP contribution in [0.3, 0.4) is 0 Å². The molecule has 0 saturated carbocycles. The van der Waals surface area contributed by atoms with Crippen LogP contribution in [0.25, 0.3) is 0 Å². The third-order valence-electron chi connectivity index (χ3n) is 6.65. The van der Waals surface area contributed by atoms with E-state index in [1.807, 2.05) is 24.8 Å². The van der Waals surface area contributed by atoms with Gasteiger partial charge in [-0.2, -0.15) is 0 Å². The fourth-order valence-electron chi connectivity index (χ4n) is 4.76. The lowest BCUT2D eigenvalue weighted by atomic mass is 9.93. The summed E-state index contributed by atoms with van der Waals surface area (Å²) < 4.78 is 21.6. The molecule has 1 heterocycles. The van der Waals surface area contributed by atoms with Crippen molar-refractivity contribution in [3.8, 4) is 17.2 Å². The molecule has 0 aliphatic carbocycles. The molecule has 1 aliphatic rings. The Labute approximate surface area is 237 Å². The van der Waals surface area contributed by atoms with Crippen molar-refractivity contribution in [1.82, 2.24) is 15.5 Å². The van der Waals surface area contributed by atoms with E-state index in [-0.39, 0.29) is 42.2 Å². The van der Waals surface area contributed by atoms with E-state index in [0.717, 1.165) is 19.4 Å². The molecule has 2 aromatic rings. The van der Waals surface area contributed by atoms with Crippen molar-refractivity contribution in [2.75, 3.05) is 54.2 Å². The minimum atomic E-state index is -0.140. The fourth-order valence-corrected chi connectivity index (χ4v) is 4.76. The molecule has 2 atom stereocenters. The third kappa shape index (κ3) is 9.02. The van der Waals surface area contributed by atoms with Crippen molar-refractivity contribution in [3.05, 3.63) is 53.6 Å². The van der Waals surface area contributed by atoms with Gasteiger partial charge in [0.25, 0.3) is 11.8 Å². The number of carbonyl (C=O) groups is 2. The van der Waals surface area contributed by atoms with Crippen LogP contribution in [0, 0.1) is 5.92 Å². The predicted molar refractivity (Wildman–Crippen MR) is 154 cm³/mol. The van der Waals surface area contributed by atoms with Crippen molar-refractivity contribution in [2.24, 2.45) is 5.92 Å². The Morgan fingerprint density at radius 2 is 1.79 bits per heavy atom. The van der Waals surface area contributed by atoms with E-state index in [2.05, 4.69) is 10.6 Å². The highest BCUT2D eigenvalue weighted by atomic mass is 35.5. The summed E-state index contributed by atoms with van der Waals surface area (Å²) in [7, 11) is 4.81. The molecule has 216 valence electrons. The van der Waals surface area contributed by atoms with Crippen LogP contribution < -0.4 is 24.8 Å². The Hall–Kier alpha value is -3.01. The van der Waals surface area contributed by atoms with Gasteiger partial charge in [-0.3, -0.25) is 9.59 Å². The molecule has 3 rings (SSSR count). The highest BCUT2D eigenvalue weighted by Crippen LogP contribution is 2.30. The number of piperidine rings is 1. The molecule has 1 saturated heterocycles. The van der Waals surface area contributed by atoms with Gasteiger partial charge in [0.15, 0.2) is 11.5 Å². The lowest BCUT2D eigenvalue weighted by molar-refractivity contribution is 0.0534. The number of nitrogens with one attached hydrogen (secondary N) is 2. The number of hydrogen-bond donors (Lipinski definition) is 2. The number of amides is 2. The third-order valence-corrected chi connectivity index (χ3v) is 6.65. The molecule has 1 aliphatic heterocycles. The first kappa shape index (κ1) is 32.2. The van der Waals surface area contributed by atoms with Gasteiger partial charge in [-0.05, 0) is 69.1 Å². The summed E-state index contributed by atoms with van der Waals surface area (Å²) in [5.41, 5.74) is 1.11. The summed E-state index contributed by atoms with van der Waals surface area (Å²) in [5.74, 6) is 1.76. The topological polar surface area (TPSA) is 98.4 Å². The van der Waals surface area contributed by atoms with Crippen LogP contribution in [0.15, 0.2) is 42.5 Å². The first-order chi connectivity index (χ1) is 18.4. The van der Waals surface area contributed by atoms with Crippen molar-refractivity contribution >= 4 is 24.2 Å². The number of hydrogen-bond acceptors (Lipinski definition) is 7. The monoisotopic (exact) mass is 563 g/mol. The van der Waals surface area contributed by atoms with Crippen LogP contribution in [-0.2, 0) is 4.74 Å². The average Bonchev–Trinajstić information content (AvgIpc) is 2.94. The lowest BCUT2D eigenvalue weighted by Crippen LogP contribution is -2.55. The Balaban J connectivity index is 0.00000533. The fraction of sp³-hybridized carbons (Fsp3) is 0.517. The summed E-state index contributed by atoms with van der Waals surface area (Å²) in [5, 5.41) is 6.50.